The largest absolute Gasteiger partial charge is 0.457 e. The Morgan fingerprint density at radius 2 is 1.03 bits per heavy atom. The van der Waals surface area contributed by atoms with E-state index in [1.165, 1.54) is 109 Å². The van der Waals surface area contributed by atoms with Crippen LogP contribution in [0.3, 0.4) is 0 Å². The van der Waals surface area contributed by atoms with Gasteiger partial charge in [-0.05, 0) is 12.8 Å². The van der Waals surface area contributed by atoms with E-state index in [-0.39, 0.29) is 12.6 Å². The zero-order chi connectivity index (χ0) is 23.5. The third-order valence-corrected chi connectivity index (χ3v) is 6.18. The van der Waals surface area contributed by atoms with Crippen molar-refractivity contribution in [2.75, 3.05) is 19.8 Å². The Bertz CT molecular complexity index is 372. The number of carbonyl (C=O) groups is 1. The summed E-state index contributed by atoms with van der Waals surface area (Å²) in [4.78, 5) is 11.9. The lowest BCUT2D eigenvalue weighted by molar-refractivity contribution is -0.154. The van der Waals surface area contributed by atoms with Crippen molar-refractivity contribution in [3.63, 3.8) is 0 Å². The highest BCUT2D eigenvalue weighted by molar-refractivity contribution is 5.69. The van der Waals surface area contributed by atoms with Gasteiger partial charge in [-0.3, -0.25) is 4.79 Å². The summed E-state index contributed by atoms with van der Waals surface area (Å²) in [6.45, 7) is 5.30. The summed E-state index contributed by atoms with van der Waals surface area (Å²) < 4.78 is 11.0. The second kappa shape index (κ2) is 26.6. The van der Waals surface area contributed by atoms with Crippen LogP contribution in [0.2, 0.25) is 0 Å². The van der Waals surface area contributed by atoms with Gasteiger partial charge in [0.15, 0.2) is 0 Å². The van der Waals surface area contributed by atoms with Crippen molar-refractivity contribution < 1.29 is 19.4 Å². The van der Waals surface area contributed by atoms with Crippen molar-refractivity contribution >= 4 is 5.97 Å². The van der Waals surface area contributed by atoms with Gasteiger partial charge < -0.3 is 14.6 Å². The number of ether oxygens (including phenoxy) is 2. The third-order valence-electron chi connectivity index (χ3n) is 6.18. The quantitative estimate of drug-likeness (QED) is 0.105. The molecule has 0 aliphatic carbocycles. The van der Waals surface area contributed by atoms with E-state index in [1.54, 1.807) is 0 Å². The second-order valence-corrected chi connectivity index (χ2v) is 9.48. The molecule has 4 heteroatoms. The number of hydrogen-bond acceptors (Lipinski definition) is 4. The summed E-state index contributed by atoms with van der Waals surface area (Å²) in [5.74, 6) is -0.209. The number of aliphatic hydroxyl groups is 1. The van der Waals surface area contributed by atoms with Crippen molar-refractivity contribution in [2.24, 2.45) is 0 Å². The molecule has 0 amide bonds. The first-order chi connectivity index (χ1) is 15.7. The molecule has 1 atom stereocenters. The molecule has 0 rings (SSSR count). The van der Waals surface area contributed by atoms with Crippen molar-refractivity contribution in [1.29, 1.82) is 0 Å². The molecule has 192 valence electrons. The summed E-state index contributed by atoms with van der Waals surface area (Å²) in [7, 11) is 0. The highest BCUT2D eigenvalue weighted by Crippen LogP contribution is 2.13. The number of esters is 1. The highest BCUT2D eigenvalue weighted by atomic mass is 16.6. The maximum Gasteiger partial charge on any atom is 0.306 e. The van der Waals surface area contributed by atoms with E-state index in [1.807, 2.05) is 0 Å². The lowest BCUT2D eigenvalue weighted by Crippen LogP contribution is -2.27. The van der Waals surface area contributed by atoms with Crippen molar-refractivity contribution in [2.45, 2.75) is 155 Å². The average Bonchev–Trinajstić information content (AvgIpc) is 2.80. The lowest BCUT2D eigenvalue weighted by atomic mass is 10.0. The van der Waals surface area contributed by atoms with E-state index >= 15 is 0 Å². The van der Waals surface area contributed by atoms with E-state index < -0.39 is 6.10 Å². The lowest BCUT2D eigenvalue weighted by Gasteiger charge is -2.15. The Kier molecular flexibility index (Phi) is 26.1. The van der Waals surface area contributed by atoms with Gasteiger partial charge in [0.2, 0.25) is 0 Å². The van der Waals surface area contributed by atoms with Gasteiger partial charge in [0.25, 0.3) is 0 Å². The van der Waals surface area contributed by atoms with Crippen LogP contribution in [0.15, 0.2) is 0 Å². The van der Waals surface area contributed by atoms with Crippen LogP contribution in [0.5, 0.6) is 0 Å². The molecule has 0 radical (unpaired) electrons. The standard InChI is InChI=1S/C28H56O4/c1-3-5-7-9-11-12-13-14-15-16-17-18-20-22-24-31-26-27(25-29)32-28(30)23-21-19-10-8-6-4-2/h27,29H,3-26H2,1-2H3. The molecule has 0 aliphatic rings. The molecule has 0 fully saturated rings. The highest BCUT2D eigenvalue weighted by Gasteiger charge is 2.13. The van der Waals surface area contributed by atoms with Gasteiger partial charge in [-0.1, -0.05) is 129 Å². The fourth-order valence-electron chi connectivity index (χ4n) is 4.03. The van der Waals surface area contributed by atoms with Gasteiger partial charge in [0.1, 0.15) is 6.10 Å². The number of hydrogen-bond donors (Lipinski definition) is 1. The van der Waals surface area contributed by atoms with Crippen LogP contribution in [-0.2, 0) is 14.3 Å². The first-order valence-corrected chi connectivity index (χ1v) is 14.1. The molecule has 0 aromatic carbocycles. The number of carbonyl (C=O) groups excluding carboxylic acids is 1. The van der Waals surface area contributed by atoms with Crippen LogP contribution in [0, 0.1) is 0 Å². The summed E-state index contributed by atoms with van der Waals surface area (Å²) in [5, 5.41) is 9.41. The summed E-state index contributed by atoms with van der Waals surface area (Å²) in [6.07, 6.45) is 25.6. The fraction of sp³-hybridized carbons (Fsp3) is 0.964. The van der Waals surface area contributed by atoms with E-state index in [9.17, 15) is 9.90 Å². The predicted molar refractivity (Wildman–Crippen MR) is 136 cm³/mol. The molecule has 0 aromatic rings. The Morgan fingerprint density at radius 3 is 1.47 bits per heavy atom. The maximum absolute atomic E-state index is 11.9. The normalized spacial score (nSPS) is 12.2. The fourth-order valence-corrected chi connectivity index (χ4v) is 4.03. The van der Waals surface area contributed by atoms with Crippen LogP contribution in [0.1, 0.15) is 149 Å². The molecular formula is C28H56O4. The van der Waals surface area contributed by atoms with E-state index in [0.29, 0.717) is 19.6 Å². The zero-order valence-electron chi connectivity index (χ0n) is 21.7. The van der Waals surface area contributed by atoms with Gasteiger partial charge in [-0.15, -0.1) is 0 Å². The maximum atomic E-state index is 11.9. The third kappa shape index (κ3) is 24.0. The molecule has 0 saturated heterocycles. The molecule has 0 spiro atoms. The first-order valence-electron chi connectivity index (χ1n) is 14.1. The van der Waals surface area contributed by atoms with E-state index in [0.717, 1.165) is 19.3 Å². The van der Waals surface area contributed by atoms with E-state index in [2.05, 4.69) is 13.8 Å². The van der Waals surface area contributed by atoms with Crippen molar-refractivity contribution in [3.8, 4) is 0 Å². The van der Waals surface area contributed by atoms with Crippen LogP contribution >= 0.6 is 0 Å². The minimum atomic E-state index is -0.519. The molecule has 0 heterocycles. The second-order valence-electron chi connectivity index (χ2n) is 9.48. The average molecular weight is 457 g/mol. The molecule has 4 nitrogen and oxygen atoms in total. The van der Waals surface area contributed by atoms with Crippen LogP contribution < -0.4 is 0 Å². The van der Waals surface area contributed by atoms with Gasteiger partial charge in [0, 0.05) is 13.0 Å². The van der Waals surface area contributed by atoms with Crippen LogP contribution in [0.4, 0.5) is 0 Å². The summed E-state index contributed by atoms with van der Waals surface area (Å²) in [5.41, 5.74) is 0. The SMILES string of the molecule is CCCCCCCCCCCCCCCCOCC(CO)OC(=O)CCCCCCCC. The zero-order valence-corrected chi connectivity index (χ0v) is 21.7. The number of rotatable bonds is 26. The van der Waals surface area contributed by atoms with E-state index in [4.69, 9.17) is 9.47 Å². The molecule has 0 saturated carbocycles. The molecule has 1 unspecified atom stereocenters. The molecule has 1 N–H and O–H groups in total. The molecular weight excluding hydrogens is 400 g/mol. The van der Waals surface area contributed by atoms with Gasteiger partial charge in [-0.2, -0.15) is 0 Å². The van der Waals surface area contributed by atoms with Crippen molar-refractivity contribution in [3.05, 3.63) is 0 Å². The first kappa shape index (κ1) is 31.4. The van der Waals surface area contributed by atoms with Crippen LogP contribution in [-0.4, -0.2) is 37.0 Å². The summed E-state index contributed by atoms with van der Waals surface area (Å²) >= 11 is 0. The Hall–Kier alpha value is -0.610. The number of aliphatic hydroxyl groups excluding tert-OH is 1. The number of unbranched alkanes of at least 4 members (excludes halogenated alkanes) is 18. The topological polar surface area (TPSA) is 55.8 Å². The molecule has 0 bridgehead atoms. The smallest absolute Gasteiger partial charge is 0.306 e. The molecule has 0 aromatic heterocycles. The predicted octanol–water partition coefficient (Wildman–Crippen LogP) is 8.14. The Balaban J connectivity index is 3.37. The van der Waals surface area contributed by atoms with Gasteiger partial charge in [-0.25, -0.2) is 0 Å². The Morgan fingerprint density at radius 1 is 0.625 bits per heavy atom. The van der Waals surface area contributed by atoms with Gasteiger partial charge >= 0.3 is 5.97 Å². The van der Waals surface area contributed by atoms with Gasteiger partial charge in [0.05, 0.1) is 13.2 Å². The minimum Gasteiger partial charge on any atom is -0.457 e. The monoisotopic (exact) mass is 456 g/mol. The van der Waals surface area contributed by atoms with Crippen LogP contribution in [0.25, 0.3) is 0 Å². The summed E-state index contributed by atoms with van der Waals surface area (Å²) in [6, 6.07) is 0. The molecule has 0 aliphatic heterocycles. The molecule has 32 heavy (non-hydrogen) atoms. The minimum absolute atomic E-state index is 0.166. The van der Waals surface area contributed by atoms with Crippen molar-refractivity contribution in [1.82, 2.24) is 0 Å². The Labute approximate surface area is 200 Å².